The number of hydrogen-bond donors (Lipinski definition) is 3. The maximum Gasteiger partial charge on any atom is 0.221 e. The average molecular weight is 308 g/mol. The fraction of sp³-hybridized carbons (Fsp3) is 0.357. The van der Waals surface area contributed by atoms with Crippen LogP contribution in [0.3, 0.4) is 0 Å². The summed E-state index contributed by atoms with van der Waals surface area (Å²) in [4.78, 5) is 10.9. The lowest BCUT2D eigenvalue weighted by Gasteiger charge is -2.13. The smallest absolute Gasteiger partial charge is 0.221 e. The van der Waals surface area contributed by atoms with Crippen LogP contribution in [-0.4, -0.2) is 37.0 Å². The van der Waals surface area contributed by atoms with Gasteiger partial charge in [-0.15, -0.1) is 0 Å². The molecule has 3 N–H and O–H groups in total. The highest BCUT2D eigenvalue weighted by atomic mass is 32.1. The number of carbonyl (C=O) groups is 1. The van der Waals surface area contributed by atoms with Gasteiger partial charge in [0.15, 0.2) is 5.11 Å². The molecule has 0 aliphatic heterocycles. The molecular weight excluding hydrogens is 288 g/mol. The summed E-state index contributed by atoms with van der Waals surface area (Å²) in [5.41, 5.74) is 4.37. The first-order valence-corrected chi connectivity index (χ1v) is 6.88. The average Bonchev–Trinajstić information content (AvgIpc) is 2.40. The van der Waals surface area contributed by atoms with Crippen LogP contribution in [0.1, 0.15) is 19.4 Å². The Bertz CT molecular complexity index is 502. The van der Waals surface area contributed by atoms with E-state index in [2.05, 4.69) is 21.2 Å². The van der Waals surface area contributed by atoms with Crippen molar-refractivity contribution in [3.8, 4) is 0 Å². The maximum absolute atomic E-state index is 10.9. The summed E-state index contributed by atoms with van der Waals surface area (Å²) in [7, 11) is 1.64. The third kappa shape index (κ3) is 7.38. The van der Waals surface area contributed by atoms with Crippen molar-refractivity contribution in [1.82, 2.24) is 10.7 Å². The molecule has 1 aromatic carbocycles. The van der Waals surface area contributed by atoms with Crippen LogP contribution in [0.25, 0.3) is 0 Å². The summed E-state index contributed by atoms with van der Waals surface area (Å²) in [6.07, 6.45) is 1.65. The van der Waals surface area contributed by atoms with Crippen molar-refractivity contribution in [2.75, 3.05) is 19.0 Å². The van der Waals surface area contributed by atoms with Crippen molar-refractivity contribution in [2.24, 2.45) is 5.10 Å². The van der Waals surface area contributed by atoms with Crippen LogP contribution >= 0.6 is 12.2 Å². The summed E-state index contributed by atoms with van der Waals surface area (Å²) in [5, 5.41) is 10.2. The van der Waals surface area contributed by atoms with Crippen LogP contribution < -0.4 is 16.1 Å². The summed E-state index contributed by atoms with van der Waals surface area (Å²) in [6, 6.07) is 7.42. The highest BCUT2D eigenvalue weighted by Gasteiger charge is 2.01. The van der Waals surface area contributed by atoms with E-state index in [-0.39, 0.29) is 11.9 Å². The lowest BCUT2D eigenvalue weighted by molar-refractivity contribution is -0.114. The zero-order valence-corrected chi connectivity index (χ0v) is 13.2. The molecule has 1 amide bonds. The Morgan fingerprint density at radius 2 is 2.10 bits per heavy atom. The molecule has 0 saturated heterocycles. The molecule has 0 aliphatic carbocycles. The third-order valence-electron chi connectivity index (χ3n) is 2.40. The zero-order valence-electron chi connectivity index (χ0n) is 12.3. The molecule has 21 heavy (non-hydrogen) atoms. The molecule has 0 fully saturated rings. The van der Waals surface area contributed by atoms with Crippen LogP contribution in [0.15, 0.2) is 29.4 Å². The number of anilines is 1. The van der Waals surface area contributed by atoms with E-state index in [4.69, 9.17) is 17.0 Å². The molecule has 1 aromatic rings. The predicted octanol–water partition coefficient (Wildman–Crippen LogP) is 1.48. The molecule has 0 radical (unpaired) electrons. The summed E-state index contributed by atoms with van der Waals surface area (Å²) in [5.74, 6) is -0.0975. The first-order chi connectivity index (χ1) is 10.0. The van der Waals surface area contributed by atoms with E-state index in [1.165, 1.54) is 6.92 Å². The predicted molar refractivity (Wildman–Crippen MR) is 88.5 cm³/mol. The Morgan fingerprint density at radius 3 is 2.67 bits per heavy atom. The number of carbonyl (C=O) groups excluding carboxylic acids is 1. The summed E-state index contributed by atoms with van der Waals surface area (Å²) in [6.45, 7) is 4.00. The van der Waals surface area contributed by atoms with Gasteiger partial charge < -0.3 is 15.4 Å². The van der Waals surface area contributed by atoms with Gasteiger partial charge in [-0.3, -0.25) is 10.2 Å². The minimum Gasteiger partial charge on any atom is -0.383 e. The first kappa shape index (κ1) is 17.1. The van der Waals surface area contributed by atoms with E-state index in [1.54, 1.807) is 25.5 Å². The first-order valence-electron chi connectivity index (χ1n) is 6.47. The van der Waals surface area contributed by atoms with Crippen LogP contribution in [0, 0.1) is 0 Å². The molecule has 6 nitrogen and oxygen atoms in total. The lowest BCUT2D eigenvalue weighted by atomic mass is 10.2. The lowest BCUT2D eigenvalue weighted by Crippen LogP contribution is -2.40. The Labute approximate surface area is 129 Å². The van der Waals surface area contributed by atoms with Crippen molar-refractivity contribution in [3.05, 3.63) is 29.8 Å². The number of ether oxygens (including phenoxy) is 1. The highest BCUT2D eigenvalue weighted by Crippen LogP contribution is 2.07. The van der Waals surface area contributed by atoms with Gasteiger partial charge in [-0.05, 0) is 36.8 Å². The van der Waals surface area contributed by atoms with Crippen molar-refractivity contribution in [1.29, 1.82) is 0 Å². The van der Waals surface area contributed by atoms with Gasteiger partial charge in [0, 0.05) is 25.8 Å². The van der Waals surface area contributed by atoms with Crippen molar-refractivity contribution >= 4 is 35.1 Å². The number of amides is 1. The van der Waals surface area contributed by atoms with Crippen molar-refractivity contribution < 1.29 is 9.53 Å². The van der Waals surface area contributed by atoms with E-state index in [0.29, 0.717) is 11.7 Å². The van der Waals surface area contributed by atoms with E-state index in [1.807, 2.05) is 19.1 Å². The third-order valence-corrected chi connectivity index (χ3v) is 2.61. The molecule has 0 spiro atoms. The fourth-order valence-electron chi connectivity index (χ4n) is 1.57. The van der Waals surface area contributed by atoms with Gasteiger partial charge in [0.1, 0.15) is 0 Å². The molecule has 0 heterocycles. The van der Waals surface area contributed by atoms with Gasteiger partial charge in [-0.2, -0.15) is 5.10 Å². The van der Waals surface area contributed by atoms with Crippen molar-refractivity contribution in [2.45, 2.75) is 19.9 Å². The SMILES string of the molecule is COC[C@@H](C)NC(=S)N/N=C\c1ccc(NC(C)=O)cc1. The second-order valence-electron chi connectivity index (χ2n) is 4.50. The van der Waals surface area contributed by atoms with Gasteiger partial charge in [0.25, 0.3) is 0 Å². The number of benzene rings is 1. The minimum absolute atomic E-state index is 0.0975. The molecule has 1 atom stereocenters. The van der Waals surface area contributed by atoms with Gasteiger partial charge >= 0.3 is 0 Å². The molecule has 0 aromatic heterocycles. The largest absolute Gasteiger partial charge is 0.383 e. The normalized spacial score (nSPS) is 12.0. The molecule has 0 bridgehead atoms. The van der Waals surface area contributed by atoms with E-state index < -0.39 is 0 Å². The van der Waals surface area contributed by atoms with Gasteiger partial charge in [-0.1, -0.05) is 12.1 Å². The van der Waals surface area contributed by atoms with Gasteiger partial charge in [0.05, 0.1) is 12.8 Å². The highest BCUT2D eigenvalue weighted by molar-refractivity contribution is 7.80. The second-order valence-corrected chi connectivity index (χ2v) is 4.91. The van der Waals surface area contributed by atoms with Gasteiger partial charge in [-0.25, -0.2) is 0 Å². The van der Waals surface area contributed by atoms with Gasteiger partial charge in [0.2, 0.25) is 5.91 Å². The van der Waals surface area contributed by atoms with E-state index in [0.717, 1.165) is 11.3 Å². The Hall–Kier alpha value is -1.99. The standard InChI is InChI=1S/C14H20N4O2S/c1-10(9-20-3)16-14(21)18-15-8-12-4-6-13(7-5-12)17-11(2)19/h4-8,10H,9H2,1-3H3,(H,17,19)(H2,16,18,21)/b15-8-/t10-/m1/s1. The quantitative estimate of drug-likeness (QED) is 0.422. The number of methoxy groups -OCH3 is 1. The second kappa shape index (κ2) is 9.04. The molecule has 0 aliphatic rings. The molecule has 0 saturated carbocycles. The van der Waals surface area contributed by atoms with Crippen molar-refractivity contribution in [3.63, 3.8) is 0 Å². The summed E-state index contributed by atoms with van der Waals surface area (Å²) >= 11 is 5.09. The van der Waals surface area contributed by atoms with Crippen LogP contribution in [0.5, 0.6) is 0 Å². The molecule has 114 valence electrons. The number of thiocarbonyl (C=S) groups is 1. The number of hydrogen-bond acceptors (Lipinski definition) is 4. The number of nitrogens with zero attached hydrogens (tertiary/aromatic N) is 1. The Morgan fingerprint density at radius 1 is 1.43 bits per heavy atom. The monoisotopic (exact) mass is 308 g/mol. The van der Waals surface area contributed by atoms with E-state index >= 15 is 0 Å². The molecular formula is C14H20N4O2S. The topological polar surface area (TPSA) is 74.8 Å². The summed E-state index contributed by atoms with van der Waals surface area (Å²) < 4.78 is 5.00. The Kier molecular flexibility index (Phi) is 7.34. The van der Waals surface area contributed by atoms with Crippen LogP contribution in [0.4, 0.5) is 5.69 Å². The number of hydrazone groups is 1. The van der Waals surface area contributed by atoms with E-state index in [9.17, 15) is 4.79 Å². The molecule has 7 heteroatoms. The minimum atomic E-state index is -0.0975. The number of nitrogens with one attached hydrogen (secondary N) is 3. The van der Waals surface area contributed by atoms with Crippen LogP contribution in [-0.2, 0) is 9.53 Å². The van der Waals surface area contributed by atoms with Crippen LogP contribution in [0.2, 0.25) is 0 Å². The fourth-order valence-corrected chi connectivity index (χ4v) is 1.82. The molecule has 0 unspecified atom stereocenters. The zero-order chi connectivity index (χ0) is 15.7. The Balaban J connectivity index is 2.42. The maximum atomic E-state index is 10.9. The number of rotatable bonds is 6. The molecule has 1 rings (SSSR count).